The Labute approximate surface area is 124 Å². The molecule has 1 rings (SSSR count). The lowest BCUT2D eigenvalue weighted by Crippen LogP contribution is -2.58. The molecule has 1 heterocycles. The van der Waals surface area contributed by atoms with Crippen molar-refractivity contribution in [3.63, 3.8) is 0 Å². The van der Waals surface area contributed by atoms with Gasteiger partial charge in [0.15, 0.2) is 0 Å². The molecule has 111 valence electrons. The number of carbonyl (C=O) groups excluding carboxylic acids is 1. The highest BCUT2D eigenvalue weighted by atomic mass is 35.6. The molecule has 0 aromatic heterocycles. The number of nitrogens with one attached hydrogen (secondary N) is 1. The van der Waals surface area contributed by atoms with E-state index >= 15 is 0 Å². The van der Waals surface area contributed by atoms with E-state index in [-0.39, 0.29) is 0 Å². The maximum atomic E-state index is 11.3. The first-order valence-electron chi connectivity index (χ1n) is 5.20. The minimum absolute atomic E-state index is 0.473. The molecule has 1 saturated heterocycles. The van der Waals surface area contributed by atoms with Crippen LogP contribution in [0, 0.1) is 6.61 Å². The Hall–Kier alpha value is -0.0200. The van der Waals surface area contributed by atoms with Crippen LogP contribution in [0.3, 0.4) is 0 Å². The lowest BCUT2D eigenvalue weighted by atomic mass is 9.99. The molecule has 10 heteroatoms. The van der Waals surface area contributed by atoms with E-state index in [0.717, 1.165) is 6.61 Å². The van der Waals surface area contributed by atoms with Crippen LogP contribution in [0.1, 0.15) is 0 Å². The van der Waals surface area contributed by atoms with Crippen LogP contribution in [0.2, 0.25) is 0 Å². The number of hydrogen-bond donors (Lipinski definition) is 4. The number of alkyl carbamates (subject to hydrolysis) is 1. The molecule has 7 nitrogen and oxygen atoms in total. The highest BCUT2D eigenvalue weighted by Gasteiger charge is 2.39. The third-order valence-corrected chi connectivity index (χ3v) is 2.66. The van der Waals surface area contributed by atoms with Crippen molar-refractivity contribution in [1.82, 2.24) is 5.32 Å². The largest absolute Gasteiger partial charge is 0.445 e. The van der Waals surface area contributed by atoms with Gasteiger partial charge < -0.3 is 30.1 Å². The fourth-order valence-electron chi connectivity index (χ4n) is 1.37. The summed E-state index contributed by atoms with van der Waals surface area (Å²) in [7, 11) is 0. The highest BCUT2D eigenvalue weighted by Crippen LogP contribution is 2.26. The van der Waals surface area contributed by atoms with E-state index in [9.17, 15) is 15.0 Å². The lowest BCUT2D eigenvalue weighted by molar-refractivity contribution is -0.136. The molecule has 0 saturated carbocycles. The number of alkyl halides is 3. The van der Waals surface area contributed by atoms with Crippen molar-refractivity contribution in [1.29, 1.82) is 0 Å². The number of amides is 1. The number of ether oxygens (including phenoxy) is 2. The highest BCUT2D eigenvalue weighted by molar-refractivity contribution is 6.67. The molecule has 0 bridgehead atoms. The molecule has 19 heavy (non-hydrogen) atoms. The van der Waals surface area contributed by atoms with Crippen molar-refractivity contribution in [2.45, 2.75) is 28.1 Å². The van der Waals surface area contributed by atoms with Gasteiger partial charge in [0.25, 0.3) is 0 Å². The number of halogens is 3. The van der Waals surface area contributed by atoms with E-state index in [1.807, 2.05) is 0 Å². The summed E-state index contributed by atoms with van der Waals surface area (Å²) in [4.78, 5) is 11.3. The third-order valence-electron chi connectivity index (χ3n) is 2.33. The molecule has 0 unspecified atom stereocenters. The van der Waals surface area contributed by atoms with Gasteiger partial charge in [0.2, 0.25) is 3.79 Å². The molecule has 1 amide bonds. The van der Waals surface area contributed by atoms with E-state index in [0.29, 0.717) is 0 Å². The maximum absolute atomic E-state index is 11.3. The molecule has 1 radical (unpaired) electrons. The predicted molar refractivity (Wildman–Crippen MR) is 66.8 cm³/mol. The number of aliphatic hydroxyl groups is 3. The average Bonchev–Trinajstić information content (AvgIpc) is 2.32. The van der Waals surface area contributed by atoms with Crippen molar-refractivity contribution >= 4 is 40.9 Å². The van der Waals surface area contributed by atoms with Gasteiger partial charge in [0.05, 0.1) is 12.6 Å². The number of carbonyl (C=O) groups is 1. The van der Waals surface area contributed by atoms with E-state index < -0.39 is 47.5 Å². The first-order chi connectivity index (χ1) is 8.74. The number of aliphatic hydroxyl groups excluding tert-OH is 3. The van der Waals surface area contributed by atoms with E-state index in [2.05, 4.69) is 10.1 Å². The van der Waals surface area contributed by atoms with Gasteiger partial charge in [-0.15, -0.1) is 0 Å². The van der Waals surface area contributed by atoms with Gasteiger partial charge in [-0.05, 0) is 0 Å². The molecule has 0 aromatic rings. The Balaban J connectivity index is 2.43. The fourth-order valence-corrected chi connectivity index (χ4v) is 1.54. The molecule has 0 aliphatic carbocycles. The summed E-state index contributed by atoms with van der Waals surface area (Å²) in [6.07, 6.45) is -4.62. The fraction of sp³-hybridized carbons (Fsp3) is 0.778. The Morgan fingerprint density at radius 1 is 1.37 bits per heavy atom. The molecule has 1 fully saturated rings. The zero-order valence-corrected chi connectivity index (χ0v) is 11.8. The zero-order valence-electron chi connectivity index (χ0n) is 9.50. The number of hydrogen-bond acceptors (Lipinski definition) is 6. The second kappa shape index (κ2) is 7.12. The number of rotatable bonds is 3. The van der Waals surface area contributed by atoms with E-state index in [4.69, 9.17) is 44.6 Å². The van der Waals surface area contributed by atoms with Crippen LogP contribution < -0.4 is 5.32 Å². The van der Waals surface area contributed by atoms with Gasteiger partial charge in [0.1, 0.15) is 31.5 Å². The Bertz CT molecular complexity index is 313. The van der Waals surface area contributed by atoms with E-state index in [1.54, 1.807) is 0 Å². The summed E-state index contributed by atoms with van der Waals surface area (Å²) in [6, 6.07) is -1.01. The predicted octanol–water partition coefficient (Wildman–Crippen LogP) is -0.274. The van der Waals surface area contributed by atoms with Crippen LogP contribution in [0.25, 0.3) is 0 Å². The average molecular weight is 338 g/mol. The van der Waals surface area contributed by atoms with Crippen molar-refractivity contribution in [2.75, 3.05) is 13.2 Å². The summed E-state index contributed by atoms with van der Waals surface area (Å²) in [5, 5.41) is 30.3. The van der Waals surface area contributed by atoms with Crippen molar-refractivity contribution < 1.29 is 29.6 Å². The standard InChI is InChI=1S/C9H13Cl3NO6/c10-9(11,12)3-19-8(17)13-4-2-18-5(1-14)7(16)6(4)15/h2,4-7,14-16H,1,3H2,(H,13,17)/t4-,5-,6-,7-/m1/s1. The zero-order chi connectivity index (χ0) is 14.6. The van der Waals surface area contributed by atoms with Crippen molar-refractivity contribution in [3.8, 4) is 0 Å². The van der Waals surface area contributed by atoms with Gasteiger partial charge in [-0.1, -0.05) is 34.8 Å². The monoisotopic (exact) mass is 336 g/mol. The van der Waals surface area contributed by atoms with Gasteiger partial charge in [-0.2, -0.15) is 0 Å². The van der Waals surface area contributed by atoms with Crippen LogP contribution in [0.15, 0.2) is 0 Å². The molecule has 1 aliphatic heterocycles. The minimum atomic E-state index is -1.75. The first-order valence-corrected chi connectivity index (χ1v) is 6.34. The van der Waals surface area contributed by atoms with Crippen LogP contribution in [-0.2, 0) is 9.47 Å². The second-order valence-corrected chi connectivity index (χ2v) is 6.35. The smallest absolute Gasteiger partial charge is 0.407 e. The topological polar surface area (TPSA) is 108 Å². The van der Waals surface area contributed by atoms with Crippen LogP contribution >= 0.6 is 34.8 Å². The summed E-state index contributed by atoms with van der Waals surface area (Å²) in [5.41, 5.74) is 0. The van der Waals surface area contributed by atoms with Crippen molar-refractivity contribution in [3.05, 3.63) is 6.61 Å². The quantitative estimate of drug-likeness (QED) is 0.528. The molecule has 1 aliphatic rings. The molecule has 4 N–H and O–H groups in total. The SMILES string of the molecule is O=C(N[C@@H]1[CH]O[C@H](CO)[C@@H](O)[C@@H]1O)OCC(Cl)(Cl)Cl. The minimum Gasteiger partial charge on any atom is -0.445 e. The Morgan fingerprint density at radius 3 is 2.53 bits per heavy atom. The summed E-state index contributed by atoms with van der Waals surface area (Å²) < 4.78 is 7.77. The van der Waals surface area contributed by atoms with E-state index in [1.165, 1.54) is 0 Å². The van der Waals surface area contributed by atoms with Crippen LogP contribution in [-0.4, -0.2) is 62.8 Å². The molecule has 4 atom stereocenters. The Kier molecular flexibility index (Phi) is 6.38. The third kappa shape index (κ3) is 5.47. The molecular formula is C9H13Cl3NO6. The second-order valence-electron chi connectivity index (χ2n) is 3.84. The van der Waals surface area contributed by atoms with Gasteiger partial charge in [-0.3, -0.25) is 0 Å². The van der Waals surface area contributed by atoms with Crippen molar-refractivity contribution in [2.24, 2.45) is 0 Å². The lowest BCUT2D eigenvalue weighted by Gasteiger charge is -2.36. The molecular weight excluding hydrogens is 324 g/mol. The molecule has 0 aromatic carbocycles. The van der Waals surface area contributed by atoms with Crippen LogP contribution in [0.4, 0.5) is 4.79 Å². The molecule has 0 spiro atoms. The van der Waals surface area contributed by atoms with Crippen LogP contribution in [0.5, 0.6) is 0 Å². The summed E-state index contributed by atoms with van der Waals surface area (Å²) >= 11 is 16.2. The van der Waals surface area contributed by atoms with Gasteiger partial charge >= 0.3 is 6.09 Å². The van der Waals surface area contributed by atoms with Gasteiger partial charge in [-0.25, -0.2) is 4.79 Å². The first kappa shape index (κ1) is 17.0. The van der Waals surface area contributed by atoms with Gasteiger partial charge in [0, 0.05) is 0 Å². The summed E-state index contributed by atoms with van der Waals surface area (Å²) in [6.45, 7) is 0.128. The Morgan fingerprint density at radius 2 is 2.00 bits per heavy atom. The normalized spacial score (nSPS) is 31.9. The summed E-state index contributed by atoms with van der Waals surface area (Å²) in [5.74, 6) is 0. The maximum Gasteiger partial charge on any atom is 0.407 e.